The molecular formula is C19H22BrN3O2. The summed E-state index contributed by atoms with van der Waals surface area (Å²) in [5.41, 5.74) is 2.61. The molecular weight excluding hydrogens is 382 g/mol. The third-order valence-electron chi connectivity index (χ3n) is 3.60. The lowest BCUT2D eigenvalue weighted by Gasteiger charge is -2.13. The van der Waals surface area contributed by atoms with Crippen LogP contribution in [0.1, 0.15) is 31.7 Å². The summed E-state index contributed by atoms with van der Waals surface area (Å²) >= 11 is 3.34. The fourth-order valence-electron chi connectivity index (χ4n) is 2.33. The fraction of sp³-hybridized carbons (Fsp3) is 0.263. The largest absolute Gasteiger partial charge is 0.337 e. The van der Waals surface area contributed by atoms with E-state index in [-0.39, 0.29) is 24.9 Å². The first-order valence-corrected chi connectivity index (χ1v) is 8.94. The molecule has 0 saturated carbocycles. The Balaban J connectivity index is 1.77. The van der Waals surface area contributed by atoms with Gasteiger partial charge >= 0.3 is 6.03 Å². The highest BCUT2D eigenvalue weighted by Crippen LogP contribution is 2.23. The Hall–Kier alpha value is -2.34. The van der Waals surface area contributed by atoms with Crippen molar-refractivity contribution < 1.29 is 9.59 Å². The summed E-state index contributed by atoms with van der Waals surface area (Å²) in [6.45, 7) is 4.43. The van der Waals surface area contributed by atoms with Gasteiger partial charge in [-0.05, 0) is 41.8 Å². The summed E-state index contributed by atoms with van der Waals surface area (Å²) < 4.78 is 0.941. The molecule has 0 aliphatic carbocycles. The molecule has 0 bridgehead atoms. The van der Waals surface area contributed by atoms with Gasteiger partial charge in [0.2, 0.25) is 5.91 Å². The zero-order valence-electron chi connectivity index (χ0n) is 14.3. The van der Waals surface area contributed by atoms with Gasteiger partial charge in [-0.15, -0.1) is 0 Å². The molecule has 5 nitrogen and oxygen atoms in total. The minimum Gasteiger partial charge on any atom is -0.337 e. The zero-order chi connectivity index (χ0) is 18.2. The van der Waals surface area contributed by atoms with E-state index in [1.54, 1.807) is 12.1 Å². The highest BCUT2D eigenvalue weighted by atomic mass is 79.9. The number of para-hydroxylation sites is 1. The van der Waals surface area contributed by atoms with Gasteiger partial charge in [-0.1, -0.05) is 48.0 Å². The SMILES string of the molecule is CC(C)c1ccccc1NC(=O)CCNC(=O)Nc1ccc(Br)cc1. The van der Waals surface area contributed by atoms with E-state index in [2.05, 4.69) is 45.7 Å². The van der Waals surface area contributed by atoms with E-state index in [1.807, 2.05) is 36.4 Å². The summed E-state index contributed by atoms with van der Waals surface area (Å²) in [4.78, 5) is 23.9. The van der Waals surface area contributed by atoms with Crippen molar-refractivity contribution in [1.29, 1.82) is 0 Å². The van der Waals surface area contributed by atoms with Gasteiger partial charge in [0.15, 0.2) is 0 Å². The van der Waals surface area contributed by atoms with Crippen LogP contribution in [-0.2, 0) is 4.79 Å². The first-order valence-electron chi connectivity index (χ1n) is 8.15. The number of anilines is 2. The number of rotatable bonds is 6. The Morgan fingerprint density at radius 3 is 2.36 bits per heavy atom. The molecule has 0 heterocycles. The van der Waals surface area contributed by atoms with Crippen LogP contribution in [0.15, 0.2) is 53.0 Å². The van der Waals surface area contributed by atoms with Gasteiger partial charge in [-0.25, -0.2) is 4.79 Å². The summed E-state index contributed by atoms with van der Waals surface area (Å²) in [6, 6.07) is 14.7. The minimum absolute atomic E-state index is 0.128. The number of carbonyl (C=O) groups is 2. The molecule has 0 spiro atoms. The molecule has 0 fully saturated rings. The Morgan fingerprint density at radius 2 is 1.68 bits per heavy atom. The predicted octanol–water partition coefficient (Wildman–Crippen LogP) is 4.72. The van der Waals surface area contributed by atoms with E-state index in [9.17, 15) is 9.59 Å². The predicted molar refractivity (Wildman–Crippen MR) is 105 cm³/mol. The smallest absolute Gasteiger partial charge is 0.319 e. The van der Waals surface area contributed by atoms with Crippen LogP contribution in [-0.4, -0.2) is 18.5 Å². The normalized spacial score (nSPS) is 10.4. The Bertz CT molecular complexity index is 730. The molecule has 132 valence electrons. The van der Waals surface area contributed by atoms with E-state index >= 15 is 0 Å². The number of halogens is 1. The second kappa shape index (κ2) is 9.22. The van der Waals surface area contributed by atoms with Gasteiger partial charge < -0.3 is 16.0 Å². The van der Waals surface area contributed by atoms with Crippen LogP contribution in [0, 0.1) is 0 Å². The fourth-order valence-corrected chi connectivity index (χ4v) is 2.59. The van der Waals surface area contributed by atoms with Gasteiger partial charge in [-0.3, -0.25) is 4.79 Å². The van der Waals surface area contributed by atoms with Crippen LogP contribution in [0.4, 0.5) is 16.2 Å². The molecule has 6 heteroatoms. The molecule has 2 aromatic carbocycles. The van der Waals surface area contributed by atoms with Gasteiger partial charge in [0, 0.05) is 28.8 Å². The Morgan fingerprint density at radius 1 is 1.00 bits per heavy atom. The number of carbonyl (C=O) groups excluding carboxylic acids is 2. The van der Waals surface area contributed by atoms with Gasteiger partial charge in [0.05, 0.1) is 0 Å². The Kier molecular flexibility index (Phi) is 7.01. The van der Waals surface area contributed by atoms with Crippen molar-refractivity contribution in [3.05, 3.63) is 58.6 Å². The third-order valence-corrected chi connectivity index (χ3v) is 4.13. The van der Waals surface area contributed by atoms with E-state index in [1.165, 1.54) is 0 Å². The first kappa shape index (κ1) is 19.0. The summed E-state index contributed by atoms with van der Waals surface area (Å²) in [6.07, 6.45) is 0.209. The lowest BCUT2D eigenvalue weighted by molar-refractivity contribution is -0.116. The molecule has 25 heavy (non-hydrogen) atoms. The van der Waals surface area contributed by atoms with Crippen LogP contribution >= 0.6 is 15.9 Å². The highest BCUT2D eigenvalue weighted by molar-refractivity contribution is 9.10. The Labute approximate surface area is 156 Å². The maximum absolute atomic E-state index is 12.1. The van der Waals surface area contributed by atoms with Gasteiger partial charge in [-0.2, -0.15) is 0 Å². The average molecular weight is 404 g/mol. The summed E-state index contributed by atoms with van der Waals surface area (Å²) in [5.74, 6) is 0.198. The molecule has 0 saturated heterocycles. The van der Waals surface area contributed by atoms with Crippen molar-refractivity contribution in [2.75, 3.05) is 17.2 Å². The number of nitrogens with one attached hydrogen (secondary N) is 3. The van der Waals surface area contributed by atoms with Crippen molar-refractivity contribution in [2.24, 2.45) is 0 Å². The van der Waals surface area contributed by atoms with E-state index in [0.717, 1.165) is 15.7 Å². The topological polar surface area (TPSA) is 70.2 Å². The van der Waals surface area contributed by atoms with Crippen molar-refractivity contribution in [1.82, 2.24) is 5.32 Å². The second-order valence-electron chi connectivity index (χ2n) is 5.93. The standard InChI is InChI=1S/C19H22BrN3O2/c1-13(2)16-5-3-4-6-17(16)23-18(24)11-12-21-19(25)22-15-9-7-14(20)8-10-15/h3-10,13H,11-12H2,1-2H3,(H,23,24)(H2,21,22,25). The molecule has 0 aliphatic rings. The van der Waals surface area contributed by atoms with Crippen LogP contribution in [0.5, 0.6) is 0 Å². The number of hydrogen-bond acceptors (Lipinski definition) is 2. The van der Waals surface area contributed by atoms with Crippen molar-refractivity contribution in [3.63, 3.8) is 0 Å². The monoisotopic (exact) mass is 403 g/mol. The molecule has 0 aliphatic heterocycles. The van der Waals surface area contributed by atoms with Crippen LogP contribution in [0.25, 0.3) is 0 Å². The average Bonchev–Trinajstić information content (AvgIpc) is 2.57. The maximum atomic E-state index is 12.1. The van der Waals surface area contributed by atoms with Crippen LogP contribution < -0.4 is 16.0 Å². The van der Waals surface area contributed by atoms with Crippen molar-refractivity contribution >= 4 is 39.2 Å². The molecule has 0 unspecified atom stereocenters. The van der Waals surface area contributed by atoms with Crippen molar-refractivity contribution in [3.8, 4) is 0 Å². The summed E-state index contributed by atoms with van der Waals surface area (Å²) in [7, 11) is 0. The molecule has 0 radical (unpaired) electrons. The van der Waals surface area contributed by atoms with E-state index in [4.69, 9.17) is 0 Å². The zero-order valence-corrected chi connectivity index (χ0v) is 15.9. The molecule has 0 atom stereocenters. The second-order valence-corrected chi connectivity index (χ2v) is 6.84. The number of amides is 3. The number of urea groups is 1. The van der Waals surface area contributed by atoms with E-state index < -0.39 is 0 Å². The maximum Gasteiger partial charge on any atom is 0.319 e. The molecule has 2 aromatic rings. The summed E-state index contributed by atoms with van der Waals surface area (Å²) in [5, 5.41) is 8.30. The number of hydrogen-bond donors (Lipinski definition) is 3. The lowest BCUT2D eigenvalue weighted by Crippen LogP contribution is -2.31. The number of benzene rings is 2. The van der Waals surface area contributed by atoms with E-state index in [0.29, 0.717) is 11.6 Å². The van der Waals surface area contributed by atoms with Crippen LogP contribution in [0.3, 0.4) is 0 Å². The highest BCUT2D eigenvalue weighted by Gasteiger charge is 2.09. The molecule has 3 N–H and O–H groups in total. The van der Waals surface area contributed by atoms with Gasteiger partial charge in [0.1, 0.15) is 0 Å². The lowest BCUT2D eigenvalue weighted by atomic mass is 10.0. The quantitative estimate of drug-likeness (QED) is 0.652. The first-order chi connectivity index (χ1) is 12.0. The van der Waals surface area contributed by atoms with Gasteiger partial charge in [0.25, 0.3) is 0 Å². The molecule has 0 aromatic heterocycles. The van der Waals surface area contributed by atoms with Crippen LogP contribution in [0.2, 0.25) is 0 Å². The molecule has 2 rings (SSSR count). The minimum atomic E-state index is -0.335. The third kappa shape index (κ3) is 6.23. The van der Waals surface area contributed by atoms with Crippen molar-refractivity contribution in [2.45, 2.75) is 26.2 Å². The molecule has 3 amide bonds.